The number of anilines is 2. The number of nitrogens with one attached hydrogen (secondary N) is 2. The Morgan fingerprint density at radius 3 is 2.30 bits per heavy atom. The molecular weight excluding hydrogens is 342 g/mol. The summed E-state index contributed by atoms with van der Waals surface area (Å²) in [5.41, 5.74) is 3.01. The number of carbonyl (C=O) groups excluding carboxylic acids is 1. The summed E-state index contributed by atoms with van der Waals surface area (Å²) in [5, 5.41) is 17.0. The summed E-state index contributed by atoms with van der Waals surface area (Å²) >= 11 is 0. The zero-order chi connectivity index (χ0) is 19.2. The average Bonchev–Trinajstić information content (AvgIpc) is 2.68. The standard InChI is InChI=1S/C21H19N3O3/c1-15-10-12-17(13-11-15)23-21(25)20(16-6-3-2-4-7-16)22-18-8-5-9-19(14-18)24(26)27/h2-14,20,22H,1H3,(H,23,25)/t20-/m0/s1. The van der Waals surface area contributed by atoms with E-state index in [1.165, 1.54) is 12.1 Å². The molecule has 1 atom stereocenters. The molecule has 0 fully saturated rings. The summed E-state index contributed by atoms with van der Waals surface area (Å²) in [6.45, 7) is 1.97. The van der Waals surface area contributed by atoms with Crippen LogP contribution >= 0.6 is 0 Å². The lowest BCUT2D eigenvalue weighted by Crippen LogP contribution is -2.27. The van der Waals surface area contributed by atoms with Gasteiger partial charge in [-0.25, -0.2) is 0 Å². The molecule has 0 aliphatic carbocycles. The second kappa shape index (κ2) is 8.14. The molecule has 27 heavy (non-hydrogen) atoms. The van der Waals surface area contributed by atoms with Crippen molar-refractivity contribution in [2.24, 2.45) is 0 Å². The molecule has 1 amide bonds. The van der Waals surface area contributed by atoms with Crippen LogP contribution in [0, 0.1) is 17.0 Å². The maximum absolute atomic E-state index is 12.9. The lowest BCUT2D eigenvalue weighted by molar-refractivity contribution is -0.384. The molecule has 2 N–H and O–H groups in total. The van der Waals surface area contributed by atoms with Crippen LogP contribution in [-0.2, 0) is 4.79 Å². The van der Waals surface area contributed by atoms with Gasteiger partial charge in [0.15, 0.2) is 0 Å². The Morgan fingerprint density at radius 1 is 0.926 bits per heavy atom. The van der Waals surface area contributed by atoms with Crippen LogP contribution in [0.25, 0.3) is 0 Å². The quantitative estimate of drug-likeness (QED) is 0.492. The van der Waals surface area contributed by atoms with Crippen molar-refractivity contribution < 1.29 is 9.72 Å². The number of aryl methyl sites for hydroxylation is 1. The largest absolute Gasteiger partial charge is 0.370 e. The monoisotopic (exact) mass is 361 g/mol. The molecule has 0 saturated heterocycles. The van der Waals surface area contributed by atoms with Gasteiger partial charge in [-0.2, -0.15) is 0 Å². The highest BCUT2D eigenvalue weighted by atomic mass is 16.6. The molecule has 0 aromatic heterocycles. The average molecular weight is 361 g/mol. The van der Waals surface area contributed by atoms with Crippen molar-refractivity contribution in [2.45, 2.75) is 13.0 Å². The topological polar surface area (TPSA) is 84.3 Å². The maximum atomic E-state index is 12.9. The fourth-order valence-electron chi connectivity index (χ4n) is 2.67. The molecule has 0 aliphatic heterocycles. The van der Waals surface area contributed by atoms with Crippen molar-refractivity contribution in [3.63, 3.8) is 0 Å². The summed E-state index contributed by atoms with van der Waals surface area (Å²) in [6, 6.07) is 22.1. The SMILES string of the molecule is Cc1ccc(NC(=O)[C@@H](Nc2cccc([N+](=O)[O-])c2)c2ccccc2)cc1. The summed E-state index contributed by atoms with van der Waals surface area (Å²) in [6.07, 6.45) is 0. The van der Waals surface area contributed by atoms with E-state index in [-0.39, 0.29) is 11.6 Å². The van der Waals surface area contributed by atoms with Gasteiger partial charge in [-0.05, 0) is 30.7 Å². The highest BCUT2D eigenvalue weighted by molar-refractivity contribution is 5.97. The third-order valence-corrected chi connectivity index (χ3v) is 4.08. The van der Waals surface area contributed by atoms with Crippen molar-refractivity contribution in [1.29, 1.82) is 0 Å². The number of benzene rings is 3. The van der Waals surface area contributed by atoms with E-state index < -0.39 is 11.0 Å². The van der Waals surface area contributed by atoms with E-state index in [2.05, 4.69) is 10.6 Å². The Balaban J connectivity index is 1.87. The number of hydrogen-bond acceptors (Lipinski definition) is 4. The van der Waals surface area contributed by atoms with Crippen molar-refractivity contribution in [3.8, 4) is 0 Å². The van der Waals surface area contributed by atoms with Crippen LogP contribution in [0.3, 0.4) is 0 Å². The van der Waals surface area contributed by atoms with Crippen LogP contribution in [-0.4, -0.2) is 10.8 Å². The first-order valence-electron chi connectivity index (χ1n) is 8.46. The molecule has 3 aromatic rings. The molecule has 6 heteroatoms. The molecule has 0 heterocycles. The second-order valence-electron chi connectivity index (χ2n) is 6.15. The Hall–Kier alpha value is -3.67. The van der Waals surface area contributed by atoms with Crippen molar-refractivity contribution in [1.82, 2.24) is 0 Å². The molecular formula is C21H19N3O3. The van der Waals surface area contributed by atoms with Crippen molar-refractivity contribution >= 4 is 23.0 Å². The van der Waals surface area contributed by atoms with Crippen LogP contribution in [0.15, 0.2) is 78.9 Å². The Kier molecular flexibility index (Phi) is 5.47. The fraction of sp³-hybridized carbons (Fsp3) is 0.0952. The minimum Gasteiger partial charge on any atom is -0.370 e. The van der Waals surface area contributed by atoms with Crippen LogP contribution in [0.5, 0.6) is 0 Å². The number of carbonyl (C=O) groups is 1. The number of nitro groups is 1. The first-order valence-corrected chi connectivity index (χ1v) is 8.46. The van der Waals surface area contributed by atoms with E-state index in [0.717, 1.165) is 11.1 Å². The number of amides is 1. The minimum atomic E-state index is -0.700. The lowest BCUT2D eigenvalue weighted by atomic mass is 10.1. The van der Waals surface area contributed by atoms with E-state index in [1.54, 1.807) is 12.1 Å². The molecule has 0 aliphatic rings. The van der Waals surface area contributed by atoms with Crippen LogP contribution in [0.1, 0.15) is 17.2 Å². The lowest BCUT2D eigenvalue weighted by Gasteiger charge is -2.20. The van der Waals surface area contributed by atoms with Gasteiger partial charge in [0, 0.05) is 23.5 Å². The zero-order valence-electron chi connectivity index (χ0n) is 14.8. The third-order valence-electron chi connectivity index (χ3n) is 4.08. The first-order chi connectivity index (χ1) is 13.0. The van der Waals surface area contributed by atoms with Gasteiger partial charge in [-0.1, -0.05) is 54.1 Å². The predicted molar refractivity (Wildman–Crippen MR) is 106 cm³/mol. The van der Waals surface area contributed by atoms with Gasteiger partial charge >= 0.3 is 0 Å². The van der Waals surface area contributed by atoms with Gasteiger partial charge in [0.1, 0.15) is 6.04 Å². The number of hydrogen-bond donors (Lipinski definition) is 2. The number of nitro benzene ring substituents is 1. The van der Waals surface area contributed by atoms with Gasteiger partial charge in [0.05, 0.1) is 4.92 Å². The van der Waals surface area contributed by atoms with Gasteiger partial charge in [0.2, 0.25) is 0 Å². The first kappa shape index (κ1) is 18.1. The molecule has 0 spiro atoms. The van der Waals surface area contributed by atoms with Gasteiger partial charge in [-0.3, -0.25) is 14.9 Å². The highest BCUT2D eigenvalue weighted by Crippen LogP contribution is 2.24. The Labute approximate surface area is 157 Å². The third kappa shape index (κ3) is 4.70. The number of non-ortho nitro benzene ring substituents is 1. The second-order valence-corrected chi connectivity index (χ2v) is 6.15. The molecule has 6 nitrogen and oxygen atoms in total. The Bertz CT molecular complexity index is 940. The summed E-state index contributed by atoms with van der Waals surface area (Å²) in [5.74, 6) is -0.253. The van der Waals surface area contributed by atoms with Crippen LogP contribution in [0.2, 0.25) is 0 Å². The van der Waals surface area contributed by atoms with Crippen LogP contribution in [0.4, 0.5) is 17.1 Å². The number of rotatable bonds is 6. The number of nitrogens with zero attached hydrogens (tertiary/aromatic N) is 1. The molecule has 0 unspecified atom stereocenters. The predicted octanol–water partition coefficient (Wildman–Crippen LogP) is 4.70. The van der Waals surface area contributed by atoms with E-state index in [0.29, 0.717) is 11.4 Å². The fourth-order valence-corrected chi connectivity index (χ4v) is 2.67. The van der Waals surface area contributed by atoms with E-state index in [9.17, 15) is 14.9 Å². The van der Waals surface area contributed by atoms with Gasteiger partial charge in [0.25, 0.3) is 11.6 Å². The molecule has 0 radical (unpaired) electrons. The summed E-state index contributed by atoms with van der Waals surface area (Å²) < 4.78 is 0. The highest BCUT2D eigenvalue weighted by Gasteiger charge is 2.21. The molecule has 0 saturated carbocycles. The molecule has 3 aromatic carbocycles. The zero-order valence-corrected chi connectivity index (χ0v) is 14.8. The smallest absolute Gasteiger partial charge is 0.271 e. The summed E-state index contributed by atoms with van der Waals surface area (Å²) in [7, 11) is 0. The van der Waals surface area contributed by atoms with Crippen molar-refractivity contribution in [2.75, 3.05) is 10.6 Å². The maximum Gasteiger partial charge on any atom is 0.271 e. The van der Waals surface area contributed by atoms with E-state index in [4.69, 9.17) is 0 Å². The van der Waals surface area contributed by atoms with E-state index >= 15 is 0 Å². The Morgan fingerprint density at radius 2 is 1.63 bits per heavy atom. The van der Waals surface area contributed by atoms with Gasteiger partial charge in [-0.15, -0.1) is 0 Å². The van der Waals surface area contributed by atoms with Crippen LogP contribution < -0.4 is 10.6 Å². The molecule has 3 rings (SSSR count). The molecule has 0 bridgehead atoms. The molecule has 136 valence electrons. The summed E-state index contributed by atoms with van der Waals surface area (Å²) in [4.78, 5) is 23.5. The minimum absolute atomic E-state index is 0.0363. The van der Waals surface area contributed by atoms with Crippen molar-refractivity contribution in [3.05, 3.63) is 100 Å². The normalized spacial score (nSPS) is 11.4. The van der Waals surface area contributed by atoms with Gasteiger partial charge < -0.3 is 10.6 Å². The van der Waals surface area contributed by atoms with E-state index in [1.807, 2.05) is 61.5 Å².